The molecule has 4 nitrogen and oxygen atoms in total. The Kier molecular flexibility index (Phi) is 5.33. The van der Waals surface area contributed by atoms with Crippen molar-refractivity contribution in [1.29, 1.82) is 0 Å². The third-order valence-electron chi connectivity index (χ3n) is 3.87. The van der Waals surface area contributed by atoms with Crippen LogP contribution in [0.1, 0.15) is 42.5 Å². The molecule has 0 spiro atoms. The maximum Gasteiger partial charge on any atom is 0.326 e. The van der Waals surface area contributed by atoms with Crippen molar-refractivity contribution in [3.8, 4) is 0 Å². The fourth-order valence-electron chi connectivity index (χ4n) is 2.75. The molecule has 0 heterocycles. The van der Waals surface area contributed by atoms with Crippen LogP contribution in [0.5, 0.6) is 0 Å². The predicted molar refractivity (Wildman–Crippen MR) is 79.6 cm³/mol. The van der Waals surface area contributed by atoms with Crippen LogP contribution in [0, 0.1) is 11.7 Å². The Morgan fingerprint density at radius 2 is 1.95 bits per heavy atom. The lowest BCUT2D eigenvalue weighted by atomic mass is 9.84. The number of halogens is 2. The molecule has 1 atom stereocenters. The molecule has 0 saturated heterocycles. The van der Waals surface area contributed by atoms with E-state index in [9.17, 15) is 19.1 Å². The molecule has 1 aliphatic carbocycles. The summed E-state index contributed by atoms with van der Waals surface area (Å²) >= 11 is 3.01. The van der Waals surface area contributed by atoms with Crippen LogP contribution < -0.4 is 5.32 Å². The van der Waals surface area contributed by atoms with Gasteiger partial charge in [-0.05, 0) is 46.8 Å². The fraction of sp³-hybridized carbons (Fsp3) is 0.467. The van der Waals surface area contributed by atoms with Crippen LogP contribution in [0.15, 0.2) is 22.7 Å². The van der Waals surface area contributed by atoms with E-state index in [1.54, 1.807) is 6.07 Å². The molecule has 0 radical (unpaired) electrons. The Balaban J connectivity index is 2.14. The molecule has 1 saturated carbocycles. The number of amides is 1. The third-order valence-corrected chi connectivity index (χ3v) is 4.48. The van der Waals surface area contributed by atoms with Gasteiger partial charge in [-0.1, -0.05) is 25.3 Å². The van der Waals surface area contributed by atoms with Crippen LogP contribution in [-0.4, -0.2) is 23.0 Å². The fourth-order valence-corrected chi connectivity index (χ4v) is 3.11. The number of carboxylic acid groups (broad SMARTS) is 1. The van der Waals surface area contributed by atoms with Gasteiger partial charge in [-0.2, -0.15) is 0 Å². The average molecular weight is 358 g/mol. The molecule has 2 N–H and O–H groups in total. The largest absolute Gasteiger partial charge is 0.480 e. The van der Waals surface area contributed by atoms with Crippen molar-refractivity contribution in [1.82, 2.24) is 5.32 Å². The van der Waals surface area contributed by atoms with Crippen LogP contribution >= 0.6 is 15.9 Å². The zero-order valence-electron chi connectivity index (χ0n) is 11.4. The van der Waals surface area contributed by atoms with Crippen molar-refractivity contribution in [3.63, 3.8) is 0 Å². The van der Waals surface area contributed by atoms with Crippen molar-refractivity contribution in [2.75, 3.05) is 0 Å². The first-order chi connectivity index (χ1) is 10.0. The Morgan fingerprint density at radius 3 is 2.57 bits per heavy atom. The highest BCUT2D eigenvalue weighted by Gasteiger charge is 2.31. The van der Waals surface area contributed by atoms with E-state index in [0.717, 1.165) is 32.1 Å². The van der Waals surface area contributed by atoms with E-state index in [0.29, 0.717) is 0 Å². The minimum Gasteiger partial charge on any atom is -0.480 e. The Bertz CT molecular complexity index is 544. The molecule has 1 aromatic carbocycles. The predicted octanol–water partition coefficient (Wildman–Crippen LogP) is 3.35. The molecule has 1 aliphatic rings. The number of rotatable bonds is 4. The van der Waals surface area contributed by atoms with Crippen molar-refractivity contribution in [2.24, 2.45) is 5.92 Å². The molecular weight excluding hydrogens is 341 g/mol. The maximum absolute atomic E-state index is 13.9. The molecule has 114 valence electrons. The number of hydrogen-bond acceptors (Lipinski definition) is 2. The summed E-state index contributed by atoms with van der Waals surface area (Å²) in [5, 5.41) is 11.8. The summed E-state index contributed by atoms with van der Waals surface area (Å²) in [4.78, 5) is 23.5. The first kappa shape index (κ1) is 15.9. The standard InChI is InChI=1S/C15H17BrFNO3/c16-11-8-4-7-10(12(11)17)14(19)18-13(15(20)21)9-5-2-1-3-6-9/h4,7-9,13H,1-3,5-6H2,(H,18,19)(H,20,21). The third kappa shape index (κ3) is 3.81. The smallest absolute Gasteiger partial charge is 0.326 e. The second-order valence-corrected chi connectivity index (χ2v) is 6.14. The zero-order valence-corrected chi connectivity index (χ0v) is 13.0. The Labute approximate surface area is 130 Å². The first-order valence-corrected chi connectivity index (χ1v) is 7.77. The van der Waals surface area contributed by atoms with Gasteiger partial charge in [-0.15, -0.1) is 0 Å². The molecule has 0 aromatic heterocycles. The van der Waals surface area contributed by atoms with Crippen molar-refractivity contribution >= 4 is 27.8 Å². The second-order valence-electron chi connectivity index (χ2n) is 5.29. The van der Waals surface area contributed by atoms with E-state index in [2.05, 4.69) is 21.2 Å². The van der Waals surface area contributed by atoms with Gasteiger partial charge in [0.1, 0.15) is 11.9 Å². The van der Waals surface area contributed by atoms with Crippen LogP contribution in [0.4, 0.5) is 4.39 Å². The zero-order chi connectivity index (χ0) is 15.4. The minimum absolute atomic E-state index is 0.0876. The van der Waals surface area contributed by atoms with Gasteiger partial charge in [0.25, 0.3) is 5.91 Å². The molecule has 21 heavy (non-hydrogen) atoms. The summed E-state index contributed by atoms with van der Waals surface area (Å²) in [5.41, 5.74) is -0.147. The lowest BCUT2D eigenvalue weighted by Gasteiger charge is -2.28. The average Bonchev–Trinajstić information content (AvgIpc) is 2.48. The number of carboxylic acids is 1. The van der Waals surface area contributed by atoms with Crippen LogP contribution in [-0.2, 0) is 4.79 Å². The van der Waals surface area contributed by atoms with Gasteiger partial charge >= 0.3 is 5.97 Å². The SMILES string of the molecule is O=C(NC(C(=O)O)C1CCCCC1)c1cccc(Br)c1F. The molecular formula is C15H17BrFNO3. The van der Waals surface area contributed by atoms with E-state index in [-0.39, 0.29) is 16.0 Å². The lowest BCUT2D eigenvalue weighted by molar-refractivity contribution is -0.141. The van der Waals surface area contributed by atoms with E-state index in [1.165, 1.54) is 12.1 Å². The van der Waals surface area contributed by atoms with Crippen molar-refractivity contribution < 1.29 is 19.1 Å². The van der Waals surface area contributed by atoms with Crippen LogP contribution in [0.25, 0.3) is 0 Å². The van der Waals surface area contributed by atoms with Crippen LogP contribution in [0.3, 0.4) is 0 Å². The minimum atomic E-state index is -1.06. The molecule has 2 rings (SSSR count). The van der Waals surface area contributed by atoms with Crippen molar-refractivity contribution in [2.45, 2.75) is 38.1 Å². The second kappa shape index (κ2) is 7.02. The van der Waals surface area contributed by atoms with Crippen molar-refractivity contribution in [3.05, 3.63) is 34.1 Å². The normalized spacial score (nSPS) is 17.2. The summed E-state index contributed by atoms with van der Waals surface area (Å²) in [7, 11) is 0. The highest BCUT2D eigenvalue weighted by molar-refractivity contribution is 9.10. The molecule has 1 unspecified atom stereocenters. The lowest BCUT2D eigenvalue weighted by Crippen LogP contribution is -2.46. The maximum atomic E-state index is 13.9. The number of hydrogen-bond donors (Lipinski definition) is 2. The Morgan fingerprint density at radius 1 is 1.29 bits per heavy atom. The summed E-state index contributed by atoms with van der Waals surface area (Å²) in [6, 6.07) is 3.41. The molecule has 1 aromatic rings. The summed E-state index contributed by atoms with van der Waals surface area (Å²) in [5.74, 6) is -2.52. The summed E-state index contributed by atoms with van der Waals surface area (Å²) in [6.45, 7) is 0. The molecule has 1 fully saturated rings. The van der Waals surface area contributed by atoms with E-state index < -0.39 is 23.7 Å². The van der Waals surface area contributed by atoms with Gasteiger partial charge in [0.15, 0.2) is 0 Å². The topological polar surface area (TPSA) is 66.4 Å². The first-order valence-electron chi connectivity index (χ1n) is 6.98. The molecule has 0 aliphatic heterocycles. The van der Waals surface area contributed by atoms with E-state index in [4.69, 9.17) is 0 Å². The number of benzene rings is 1. The van der Waals surface area contributed by atoms with Gasteiger partial charge in [0.2, 0.25) is 0 Å². The van der Waals surface area contributed by atoms with Gasteiger partial charge in [-0.25, -0.2) is 9.18 Å². The number of aliphatic carboxylic acids is 1. The summed E-state index contributed by atoms with van der Waals surface area (Å²) in [6.07, 6.45) is 4.58. The molecule has 0 bridgehead atoms. The highest BCUT2D eigenvalue weighted by atomic mass is 79.9. The van der Waals surface area contributed by atoms with Gasteiger partial charge in [-0.3, -0.25) is 4.79 Å². The van der Waals surface area contributed by atoms with Gasteiger partial charge in [0.05, 0.1) is 10.0 Å². The highest BCUT2D eigenvalue weighted by Crippen LogP contribution is 2.27. The van der Waals surface area contributed by atoms with E-state index in [1.807, 2.05) is 0 Å². The molecule has 6 heteroatoms. The number of carbonyl (C=O) groups is 2. The van der Waals surface area contributed by atoms with E-state index >= 15 is 0 Å². The van der Waals surface area contributed by atoms with Gasteiger partial charge in [0, 0.05) is 0 Å². The quantitative estimate of drug-likeness (QED) is 0.868. The number of carbonyl (C=O) groups excluding carboxylic acids is 1. The summed E-state index contributed by atoms with van der Waals surface area (Å²) < 4.78 is 14.1. The Hall–Kier alpha value is -1.43. The number of nitrogens with one attached hydrogen (secondary N) is 1. The monoisotopic (exact) mass is 357 g/mol. The van der Waals surface area contributed by atoms with Crippen LogP contribution in [0.2, 0.25) is 0 Å². The van der Waals surface area contributed by atoms with Gasteiger partial charge < -0.3 is 10.4 Å². The molecule has 1 amide bonds.